The summed E-state index contributed by atoms with van der Waals surface area (Å²) in [7, 11) is 1.65. The van der Waals surface area contributed by atoms with Gasteiger partial charge in [0.1, 0.15) is 5.75 Å². The Morgan fingerprint density at radius 3 is 2.60 bits per heavy atom. The number of rotatable bonds is 4. The van der Waals surface area contributed by atoms with Crippen molar-refractivity contribution < 1.29 is 4.74 Å². The number of hydrogen-bond donors (Lipinski definition) is 2. The maximum Gasteiger partial charge on any atom is 0.124 e. The molecule has 3 N–H and O–H groups in total. The molecule has 0 saturated carbocycles. The van der Waals surface area contributed by atoms with Crippen LogP contribution in [-0.4, -0.2) is 7.11 Å². The van der Waals surface area contributed by atoms with Crippen LogP contribution in [-0.2, 0) is 0 Å². The van der Waals surface area contributed by atoms with Crippen molar-refractivity contribution >= 4 is 27.5 Å². The van der Waals surface area contributed by atoms with Crippen molar-refractivity contribution in [3.05, 3.63) is 62.6 Å². The number of hydrogen-bond acceptors (Lipinski definition) is 3. The highest BCUT2D eigenvalue weighted by Gasteiger charge is 2.18. The lowest BCUT2D eigenvalue weighted by Crippen LogP contribution is -2.29. The van der Waals surface area contributed by atoms with Gasteiger partial charge in [-0.25, -0.2) is 5.43 Å². The first-order valence-corrected chi connectivity index (χ1v) is 7.29. The molecule has 106 valence electrons. The summed E-state index contributed by atoms with van der Waals surface area (Å²) < 4.78 is 6.33. The average Bonchev–Trinajstić information content (AvgIpc) is 2.39. The van der Waals surface area contributed by atoms with E-state index in [2.05, 4.69) is 27.4 Å². The number of nitrogens with two attached hydrogens (primary N) is 1. The second-order valence-electron chi connectivity index (χ2n) is 4.55. The molecule has 0 bridgehead atoms. The van der Waals surface area contributed by atoms with Crippen molar-refractivity contribution in [1.29, 1.82) is 0 Å². The molecule has 0 fully saturated rings. The average molecular weight is 356 g/mol. The van der Waals surface area contributed by atoms with E-state index in [1.165, 1.54) is 0 Å². The van der Waals surface area contributed by atoms with Crippen LogP contribution in [0.2, 0.25) is 5.02 Å². The van der Waals surface area contributed by atoms with Crippen molar-refractivity contribution in [3.63, 3.8) is 0 Å². The number of aryl methyl sites for hydroxylation is 1. The summed E-state index contributed by atoms with van der Waals surface area (Å²) in [5, 5.41) is 0.654. The van der Waals surface area contributed by atoms with Gasteiger partial charge in [-0.15, -0.1) is 0 Å². The van der Waals surface area contributed by atoms with Crippen molar-refractivity contribution in [3.8, 4) is 5.75 Å². The van der Waals surface area contributed by atoms with Gasteiger partial charge < -0.3 is 4.74 Å². The molecule has 0 saturated heterocycles. The van der Waals surface area contributed by atoms with Gasteiger partial charge in [0.05, 0.1) is 13.2 Å². The summed E-state index contributed by atoms with van der Waals surface area (Å²) in [5.41, 5.74) is 5.92. The molecular weight excluding hydrogens is 340 g/mol. The monoisotopic (exact) mass is 354 g/mol. The minimum Gasteiger partial charge on any atom is -0.496 e. The van der Waals surface area contributed by atoms with Crippen LogP contribution in [0.25, 0.3) is 0 Å². The Hall–Kier alpha value is -1.07. The van der Waals surface area contributed by atoms with Crippen LogP contribution in [0.5, 0.6) is 5.75 Å². The van der Waals surface area contributed by atoms with Crippen molar-refractivity contribution in [1.82, 2.24) is 5.43 Å². The lowest BCUT2D eigenvalue weighted by molar-refractivity contribution is 0.404. The van der Waals surface area contributed by atoms with Gasteiger partial charge in [0.25, 0.3) is 0 Å². The first-order chi connectivity index (χ1) is 9.55. The van der Waals surface area contributed by atoms with Crippen LogP contribution in [0.4, 0.5) is 0 Å². The number of halogens is 2. The van der Waals surface area contributed by atoms with Gasteiger partial charge in [-0.2, -0.15) is 0 Å². The fourth-order valence-electron chi connectivity index (χ4n) is 2.19. The molecule has 0 amide bonds. The van der Waals surface area contributed by atoms with Gasteiger partial charge in [0.2, 0.25) is 0 Å². The molecule has 0 aliphatic carbocycles. The van der Waals surface area contributed by atoms with Gasteiger partial charge in [-0.1, -0.05) is 45.2 Å². The molecule has 0 heterocycles. The predicted molar refractivity (Wildman–Crippen MR) is 86.0 cm³/mol. The summed E-state index contributed by atoms with van der Waals surface area (Å²) in [4.78, 5) is 0. The topological polar surface area (TPSA) is 47.3 Å². The normalized spacial score (nSPS) is 12.2. The minimum atomic E-state index is -0.195. The maximum atomic E-state index is 6.11. The summed E-state index contributed by atoms with van der Waals surface area (Å²) in [6, 6.07) is 11.5. The van der Waals surface area contributed by atoms with Gasteiger partial charge in [0, 0.05) is 15.1 Å². The van der Waals surface area contributed by atoms with E-state index in [-0.39, 0.29) is 6.04 Å². The third-order valence-corrected chi connectivity index (χ3v) is 3.76. The van der Waals surface area contributed by atoms with Crippen LogP contribution >= 0.6 is 27.5 Å². The zero-order valence-corrected chi connectivity index (χ0v) is 13.6. The smallest absolute Gasteiger partial charge is 0.124 e. The van der Waals surface area contributed by atoms with E-state index >= 15 is 0 Å². The fourth-order valence-corrected chi connectivity index (χ4v) is 3.07. The Bertz CT molecular complexity index is 599. The van der Waals surface area contributed by atoms with E-state index in [4.69, 9.17) is 22.2 Å². The zero-order valence-electron chi connectivity index (χ0n) is 11.3. The van der Waals surface area contributed by atoms with E-state index in [9.17, 15) is 0 Å². The number of nitrogens with one attached hydrogen (secondary N) is 1. The lowest BCUT2D eigenvalue weighted by atomic mass is 9.97. The Morgan fingerprint density at radius 2 is 2.00 bits per heavy atom. The number of benzene rings is 2. The Labute approximate surface area is 132 Å². The third kappa shape index (κ3) is 3.33. The zero-order chi connectivity index (χ0) is 14.7. The molecule has 5 heteroatoms. The molecule has 0 aromatic heterocycles. The SMILES string of the molecule is COc1ccc(C)cc1C(NN)c1cc(Cl)cc(Br)c1. The van der Waals surface area contributed by atoms with Crippen molar-refractivity contribution in [2.24, 2.45) is 5.84 Å². The number of ether oxygens (including phenoxy) is 1. The van der Waals surface area contributed by atoms with E-state index in [0.29, 0.717) is 5.02 Å². The van der Waals surface area contributed by atoms with E-state index in [1.807, 2.05) is 37.3 Å². The molecule has 20 heavy (non-hydrogen) atoms. The van der Waals surface area contributed by atoms with Gasteiger partial charge in [-0.3, -0.25) is 5.84 Å². The van der Waals surface area contributed by atoms with E-state index < -0.39 is 0 Å². The Balaban J connectivity index is 2.54. The van der Waals surface area contributed by atoms with Gasteiger partial charge in [-0.05, 0) is 36.8 Å². The lowest BCUT2D eigenvalue weighted by Gasteiger charge is -2.20. The van der Waals surface area contributed by atoms with Crippen molar-refractivity contribution in [2.75, 3.05) is 7.11 Å². The highest BCUT2D eigenvalue weighted by molar-refractivity contribution is 9.10. The Morgan fingerprint density at radius 1 is 1.25 bits per heavy atom. The maximum absolute atomic E-state index is 6.11. The molecular formula is C15H16BrClN2O. The molecule has 0 radical (unpaired) electrons. The van der Waals surface area contributed by atoms with Crippen molar-refractivity contribution in [2.45, 2.75) is 13.0 Å². The standard InChI is InChI=1S/C15H16BrClN2O/c1-9-3-4-14(20-2)13(5-9)15(19-18)10-6-11(16)8-12(17)7-10/h3-8,15,19H,18H2,1-2H3. The molecule has 0 aliphatic heterocycles. The highest BCUT2D eigenvalue weighted by Crippen LogP contribution is 2.33. The molecule has 2 aromatic carbocycles. The van der Waals surface area contributed by atoms with Crippen LogP contribution < -0.4 is 16.0 Å². The predicted octanol–water partition coefficient (Wildman–Crippen LogP) is 3.97. The van der Waals surface area contributed by atoms with Crippen LogP contribution in [0.1, 0.15) is 22.7 Å². The molecule has 2 rings (SSSR count). The molecule has 2 aromatic rings. The summed E-state index contributed by atoms with van der Waals surface area (Å²) in [6.07, 6.45) is 0. The first kappa shape index (κ1) is 15.3. The van der Waals surface area contributed by atoms with E-state index in [0.717, 1.165) is 26.9 Å². The van der Waals surface area contributed by atoms with Crippen LogP contribution in [0, 0.1) is 6.92 Å². The largest absolute Gasteiger partial charge is 0.496 e. The molecule has 1 unspecified atom stereocenters. The molecule has 0 spiro atoms. The second-order valence-corrected chi connectivity index (χ2v) is 5.90. The Kier molecular flexibility index (Phi) is 5.05. The van der Waals surface area contributed by atoms with Crippen LogP contribution in [0.15, 0.2) is 40.9 Å². The third-order valence-electron chi connectivity index (χ3n) is 3.08. The van der Waals surface area contributed by atoms with Crippen LogP contribution in [0.3, 0.4) is 0 Å². The molecule has 0 aliphatic rings. The van der Waals surface area contributed by atoms with Gasteiger partial charge in [0.15, 0.2) is 0 Å². The summed E-state index contributed by atoms with van der Waals surface area (Å²) in [6.45, 7) is 2.03. The molecule has 1 atom stereocenters. The number of hydrazine groups is 1. The van der Waals surface area contributed by atoms with E-state index in [1.54, 1.807) is 7.11 Å². The van der Waals surface area contributed by atoms with Gasteiger partial charge >= 0.3 is 0 Å². The fraction of sp³-hybridized carbons (Fsp3) is 0.200. The minimum absolute atomic E-state index is 0.195. The summed E-state index contributed by atoms with van der Waals surface area (Å²) >= 11 is 9.56. The molecule has 3 nitrogen and oxygen atoms in total. The number of methoxy groups -OCH3 is 1. The second kappa shape index (κ2) is 6.59. The highest BCUT2D eigenvalue weighted by atomic mass is 79.9. The quantitative estimate of drug-likeness (QED) is 0.644. The first-order valence-electron chi connectivity index (χ1n) is 6.12. The summed E-state index contributed by atoms with van der Waals surface area (Å²) in [5.74, 6) is 6.53.